The van der Waals surface area contributed by atoms with Crippen LogP contribution in [0.15, 0.2) is 0 Å². The molecule has 1 saturated carbocycles. The van der Waals surface area contributed by atoms with Crippen LogP contribution in [0.3, 0.4) is 0 Å². The van der Waals surface area contributed by atoms with Gasteiger partial charge in [0.1, 0.15) is 0 Å². The van der Waals surface area contributed by atoms with Crippen molar-refractivity contribution < 1.29 is 9.47 Å². The summed E-state index contributed by atoms with van der Waals surface area (Å²) < 4.78 is 11.7. The van der Waals surface area contributed by atoms with Gasteiger partial charge in [0.05, 0.1) is 18.3 Å². The Bertz CT molecular complexity index is 312. The molecule has 0 radical (unpaired) electrons. The van der Waals surface area contributed by atoms with Gasteiger partial charge in [0.25, 0.3) is 0 Å². The normalized spacial score (nSPS) is 27.6. The molecule has 2 atom stereocenters. The van der Waals surface area contributed by atoms with E-state index in [1.807, 2.05) is 0 Å². The summed E-state index contributed by atoms with van der Waals surface area (Å²) in [6.07, 6.45) is 9.55. The van der Waals surface area contributed by atoms with Crippen molar-refractivity contribution in [2.45, 2.75) is 77.4 Å². The molecule has 1 spiro atoms. The Morgan fingerprint density at radius 2 is 2.00 bits per heavy atom. The first kappa shape index (κ1) is 17.2. The van der Waals surface area contributed by atoms with Crippen molar-refractivity contribution >= 4 is 0 Å². The Labute approximate surface area is 131 Å². The highest BCUT2D eigenvalue weighted by molar-refractivity contribution is 4.95. The molecule has 3 heteroatoms. The summed E-state index contributed by atoms with van der Waals surface area (Å²) in [5.74, 6) is 0.663. The molecule has 2 fully saturated rings. The van der Waals surface area contributed by atoms with E-state index in [9.17, 15) is 0 Å². The van der Waals surface area contributed by atoms with E-state index in [2.05, 4.69) is 26.1 Å². The maximum absolute atomic E-state index is 6.53. The average molecular weight is 297 g/mol. The molecule has 2 rings (SSSR count). The molecule has 2 unspecified atom stereocenters. The first-order chi connectivity index (χ1) is 10.00. The van der Waals surface area contributed by atoms with Gasteiger partial charge in [-0.05, 0) is 43.4 Å². The van der Waals surface area contributed by atoms with Crippen LogP contribution in [0, 0.1) is 11.3 Å². The smallest absolute Gasteiger partial charge is 0.0687 e. The van der Waals surface area contributed by atoms with Crippen LogP contribution < -0.4 is 5.32 Å². The quantitative estimate of drug-likeness (QED) is 0.692. The first-order valence-electron chi connectivity index (χ1n) is 8.87. The van der Waals surface area contributed by atoms with Crippen LogP contribution in [0.2, 0.25) is 0 Å². The van der Waals surface area contributed by atoms with Crippen LogP contribution in [0.1, 0.15) is 65.7 Å². The van der Waals surface area contributed by atoms with E-state index in [1.165, 1.54) is 44.9 Å². The Morgan fingerprint density at radius 1 is 1.29 bits per heavy atom. The molecule has 0 aromatic carbocycles. The van der Waals surface area contributed by atoms with Gasteiger partial charge in [-0.2, -0.15) is 0 Å². The number of ether oxygens (including phenoxy) is 2. The molecule has 0 aromatic rings. The lowest BCUT2D eigenvalue weighted by atomic mass is 9.74. The molecule has 1 saturated heterocycles. The fraction of sp³-hybridized carbons (Fsp3) is 1.00. The summed E-state index contributed by atoms with van der Waals surface area (Å²) in [5.41, 5.74) is 0.578. The highest BCUT2D eigenvalue weighted by Gasteiger charge is 2.44. The Hall–Kier alpha value is -0.120. The molecule has 0 aromatic heterocycles. The van der Waals surface area contributed by atoms with Crippen molar-refractivity contribution in [3.05, 3.63) is 0 Å². The second-order valence-corrected chi connectivity index (χ2v) is 7.85. The molecule has 1 aliphatic heterocycles. The molecule has 1 N–H and O–H groups in total. The number of nitrogens with one attached hydrogen (secondary N) is 1. The number of hydrogen-bond donors (Lipinski definition) is 1. The molecule has 3 nitrogen and oxygen atoms in total. The average Bonchev–Trinajstić information content (AvgIpc) is 3.05. The van der Waals surface area contributed by atoms with Crippen LogP contribution in [0.25, 0.3) is 0 Å². The van der Waals surface area contributed by atoms with Crippen molar-refractivity contribution in [2.75, 3.05) is 26.8 Å². The predicted octanol–water partition coefficient (Wildman–Crippen LogP) is 3.77. The summed E-state index contributed by atoms with van der Waals surface area (Å²) >= 11 is 0. The summed E-state index contributed by atoms with van der Waals surface area (Å²) in [6.45, 7) is 9.89. The van der Waals surface area contributed by atoms with E-state index in [0.29, 0.717) is 17.4 Å². The third-order valence-electron chi connectivity index (χ3n) is 5.95. The van der Waals surface area contributed by atoms with Crippen molar-refractivity contribution in [2.24, 2.45) is 11.3 Å². The topological polar surface area (TPSA) is 30.5 Å². The van der Waals surface area contributed by atoms with E-state index in [1.54, 1.807) is 7.11 Å². The number of methoxy groups -OCH3 is 1. The van der Waals surface area contributed by atoms with Crippen LogP contribution in [-0.4, -0.2) is 38.5 Å². The first-order valence-corrected chi connectivity index (χ1v) is 8.87. The van der Waals surface area contributed by atoms with Crippen LogP contribution in [0.5, 0.6) is 0 Å². The van der Waals surface area contributed by atoms with Gasteiger partial charge >= 0.3 is 0 Å². The predicted molar refractivity (Wildman–Crippen MR) is 87.6 cm³/mol. The van der Waals surface area contributed by atoms with E-state index in [-0.39, 0.29) is 5.60 Å². The Morgan fingerprint density at radius 3 is 2.62 bits per heavy atom. The van der Waals surface area contributed by atoms with Crippen LogP contribution in [0.4, 0.5) is 0 Å². The van der Waals surface area contributed by atoms with E-state index in [4.69, 9.17) is 9.47 Å². The minimum atomic E-state index is 0.270. The Kier molecular flexibility index (Phi) is 6.10. The molecular formula is C18H35NO2. The third-order valence-corrected chi connectivity index (χ3v) is 5.95. The molecule has 124 valence electrons. The van der Waals surface area contributed by atoms with E-state index in [0.717, 1.165) is 19.7 Å². The minimum Gasteiger partial charge on any atom is -0.383 e. The lowest BCUT2D eigenvalue weighted by molar-refractivity contribution is -0.0566. The Balaban J connectivity index is 1.84. The van der Waals surface area contributed by atoms with Crippen molar-refractivity contribution in [1.29, 1.82) is 0 Å². The van der Waals surface area contributed by atoms with Crippen molar-refractivity contribution in [3.8, 4) is 0 Å². The van der Waals surface area contributed by atoms with Gasteiger partial charge in [0.2, 0.25) is 0 Å². The maximum Gasteiger partial charge on any atom is 0.0687 e. The molecule has 0 amide bonds. The zero-order valence-corrected chi connectivity index (χ0v) is 14.5. The van der Waals surface area contributed by atoms with Crippen LogP contribution >= 0.6 is 0 Å². The maximum atomic E-state index is 6.53. The minimum absolute atomic E-state index is 0.270. The summed E-state index contributed by atoms with van der Waals surface area (Å²) in [6, 6.07) is 0. The molecular weight excluding hydrogens is 262 g/mol. The SMILES string of the molecule is COCCNCC(C)(CC1CCC2(CCCC2)O1)C(C)C. The van der Waals surface area contributed by atoms with E-state index >= 15 is 0 Å². The third kappa shape index (κ3) is 4.43. The standard InChI is InChI=1S/C18H35NO2/c1-15(2)17(3,14-19-11-12-20-4)13-16-7-10-18(21-16)8-5-6-9-18/h15-16,19H,5-14H2,1-4H3. The van der Waals surface area contributed by atoms with E-state index < -0.39 is 0 Å². The monoisotopic (exact) mass is 297 g/mol. The van der Waals surface area contributed by atoms with Crippen molar-refractivity contribution in [1.82, 2.24) is 5.32 Å². The molecule has 21 heavy (non-hydrogen) atoms. The molecule has 1 aliphatic carbocycles. The molecule has 0 bridgehead atoms. The second kappa shape index (κ2) is 7.43. The zero-order chi connectivity index (χ0) is 15.3. The van der Waals surface area contributed by atoms with Gasteiger partial charge in [-0.25, -0.2) is 0 Å². The summed E-state index contributed by atoms with van der Waals surface area (Å²) in [5, 5.41) is 3.56. The largest absolute Gasteiger partial charge is 0.383 e. The van der Waals surface area contributed by atoms with Gasteiger partial charge in [-0.3, -0.25) is 0 Å². The second-order valence-electron chi connectivity index (χ2n) is 7.85. The van der Waals surface area contributed by atoms with Crippen molar-refractivity contribution in [3.63, 3.8) is 0 Å². The highest BCUT2D eigenvalue weighted by atomic mass is 16.5. The van der Waals surface area contributed by atoms with Gasteiger partial charge in [-0.15, -0.1) is 0 Å². The fourth-order valence-electron chi connectivity index (χ4n) is 4.01. The molecule has 1 heterocycles. The lowest BCUT2D eigenvalue weighted by Gasteiger charge is -2.37. The highest BCUT2D eigenvalue weighted by Crippen LogP contribution is 2.46. The number of rotatable bonds is 8. The fourth-order valence-corrected chi connectivity index (χ4v) is 4.01. The van der Waals surface area contributed by atoms with Gasteiger partial charge in [0, 0.05) is 20.2 Å². The summed E-state index contributed by atoms with van der Waals surface area (Å²) in [4.78, 5) is 0. The van der Waals surface area contributed by atoms with Gasteiger partial charge in [0.15, 0.2) is 0 Å². The summed E-state index contributed by atoms with van der Waals surface area (Å²) in [7, 11) is 1.76. The zero-order valence-electron chi connectivity index (χ0n) is 14.5. The van der Waals surface area contributed by atoms with Gasteiger partial charge in [-0.1, -0.05) is 33.6 Å². The van der Waals surface area contributed by atoms with Gasteiger partial charge < -0.3 is 14.8 Å². The number of hydrogen-bond acceptors (Lipinski definition) is 3. The van der Waals surface area contributed by atoms with Crippen LogP contribution in [-0.2, 0) is 9.47 Å². The molecule has 2 aliphatic rings. The lowest BCUT2D eigenvalue weighted by Crippen LogP contribution is -2.40.